The van der Waals surface area contributed by atoms with Gasteiger partial charge in [0.2, 0.25) is 0 Å². The third kappa shape index (κ3) is 4.44. The molecular formula is C23H22N2O4. The second-order valence-corrected chi connectivity index (χ2v) is 6.28. The van der Waals surface area contributed by atoms with Gasteiger partial charge in [0.1, 0.15) is 11.5 Å². The molecule has 29 heavy (non-hydrogen) atoms. The minimum atomic E-state index is -1.95. The maximum atomic E-state index is 13.0. The number of nitrogens with zero attached hydrogens (tertiary/aromatic N) is 1. The van der Waals surface area contributed by atoms with Crippen LogP contribution < -0.4 is 14.9 Å². The van der Waals surface area contributed by atoms with Crippen LogP contribution in [0.1, 0.15) is 16.7 Å². The maximum Gasteiger partial charge on any atom is 0.281 e. The second-order valence-electron chi connectivity index (χ2n) is 6.28. The highest BCUT2D eigenvalue weighted by Crippen LogP contribution is 2.32. The molecule has 0 aliphatic rings. The van der Waals surface area contributed by atoms with Gasteiger partial charge in [-0.3, -0.25) is 4.79 Å². The van der Waals surface area contributed by atoms with E-state index in [1.54, 1.807) is 62.8 Å². The minimum Gasteiger partial charge on any atom is -0.497 e. The van der Waals surface area contributed by atoms with Crippen molar-refractivity contribution in [1.29, 1.82) is 0 Å². The third-order valence-electron chi connectivity index (χ3n) is 4.52. The first-order valence-electron chi connectivity index (χ1n) is 8.98. The van der Waals surface area contributed by atoms with Gasteiger partial charge in [0.25, 0.3) is 5.91 Å². The van der Waals surface area contributed by atoms with E-state index in [0.29, 0.717) is 22.6 Å². The summed E-state index contributed by atoms with van der Waals surface area (Å²) in [5.74, 6) is 0.557. The maximum absolute atomic E-state index is 13.0. The molecule has 0 heterocycles. The van der Waals surface area contributed by atoms with Crippen molar-refractivity contribution in [2.45, 2.75) is 5.60 Å². The van der Waals surface area contributed by atoms with Gasteiger partial charge in [0, 0.05) is 0 Å². The van der Waals surface area contributed by atoms with E-state index in [2.05, 4.69) is 10.5 Å². The Labute approximate surface area is 169 Å². The average molecular weight is 390 g/mol. The van der Waals surface area contributed by atoms with Crippen molar-refractivity contribution < 1.29 is 19.4 Å². The lowest BCUT2D eigenvalue weighted by molar-refractivity contribution is -0.136. The predicted molar refractivity (Wildman–Crippen MR) is 111 cm³/mol. The van der Waals surface area contributed by atoms with E-state index in [9.17, 15) is 9.90 Å². The molecule has 3 aromatic carbocycles. The Morgan fingerprint density at radius 1 is 0.862 bits per heavy atom. The van der Waals surface area contributed by atoms with Crippen LogP contribution in [0.25, 0.3) is 0 Å². The molecule has 0 aliphatic heterocycles. The van der Waals surface area contributed by atoms with Crippen molar-refractivity contribution in [2.75, 3.05) is 14.2 Å². The smallest absolute Gasteiger partial charge is 0.281 e. The van der Waals surface area contributed by atoms with Crippen LogP contribution in [0.2, 0.25) is 0 Å². The molecule has 0 bridgehead atoms. The van der Waals surface area contributed by atoms with Crippen LogP contribution >= 0.6 is 0 Å². The standard InChI is InChI=1S/C23H22N2O4/c1-28-20-12-8-18(9-13-20)23(27,19-10-14-21(29-2)15-11-19)22(26)25-24-16-17-6-4-3-5-7-17/h3-16,27H,1-2H3,(H,25,26)/b24-16+. The van der Waals surface area contributed by atoms with E-state index in [-0.39, 0.29) is 0 Å². The number of amides is 1. The number of carbonyl (C=O) groups is 1. The van der Waals surface area contributed by atoms with Gasteiger partial charge in [-0.1, -0.05) is 54.6 Å². The molecule has 0 saturated carbocycles. The predicted octanol–water partition coefficient (Wildman–Crippen LogP) is 3.09. The topological polar surface area (TPSA) is 80.2 Å². The van der Waals surface area contributed by atoms with Crippen LogP contribution in [-0.4, -0.2) is 31.4 Å². The molecule has 1 amide bonds. The number of hydrogen-bond donors (Lipinski definition) is 2. The lowest BCUT2D eigenvalue weighted by Crippen LogP contribution is -2.43. The zero-order valence-corrected chi connectivity index (χ0v) is 16.2. The molecule has 0 aliphatic carbocycles. The van der Waals surface area contributed by atoms with E-state index in [4.69, 9.17) is 9.47 Å². The summed E-state index contributed by atoms with van der Waals surface area (Å²) in [6, 6.07) is 22.7. The molecule has 0 radical (unpaired) electrons. The third-order valence-corrected chi connectivity index (χ3v) is 4.52. The highest BCUT2D eigenvalue weighted by atomic mass is 16.5. The zero-order chi connectivity index (χ0) is 20.7. The SMILES string of the molecule is COc1ccc(C(O)(C(=O)N/N=C/c2ccccc2)c2ccc(OC)cc2)cc1. The fourth-order valence-electron chi connectivity index (χ4n) is 2.88. The Morgan fingerprint density at radius 2 is 1.34 bits per heavy atom. The first-order valence-corrected chi connectivity index (χ1v) is 8.98. The summed E-state index contributed by atoms with van der Waals surface area (Å²) >= 11 is 0. The minimum absolute atomic E-state index is 0.385. The molecule has 3 aromatic rings. The summed E-state index contributed by atoms with van der Waals surface area (Å²) in [4.78, 5) is 13.0. The molecular weight excluding hydrogens is 368 g/mol. The summed E-state index contributed by atoms with van der Waals surface area (Å²) in [6.45, 7) is 0. The zero-order valence-electron chi connectivity index (χ0n) is 16.2. The highest BCUT2D eigenvalue weighted by molar-refractivity contribution is 5.91. The fraction of sp³-hybridized carbons (Fsp3) is 0.130. The van der Waals surface area contributed by atoms with Gasteiger partial charge in [-0.05, 0) is 41.0 Å². The Morgan fingerprint density at radius 3 is 1.79 bits per heavy atom. The first kappa shape index (κ1) is 20.1. The van der Waals surface area contributed by atoms with Crippen molar-refractivity contribution in [2.24, 2.45) is 5.10 Å². The van der Waals surface area contributed by atoms with Gasteiger partial charge < -0.3 is 14.6 Å². The number of rotatable bonds is 7. The quantitative estimate of drug-likeness (QED) is 0.480. The molecule has 2 N–H and O–H groups in total. The molecule has 6 nitrogen and oxygen atoms in total. The Kier molecular flexibility index (Phi) is 6.26. The van der Waals surface area contributed by atoms with Gasteiger partial charge in [0.05, 0.1) is 20.4 Å². The number of methoxy groups -OCH3 is 2. The summed E-state index contributed by atoms with van der Waals surface area (Å²) in [6.07, 6.45) is 1.51. The Bertz CT molecular complexity index is 921. The molecule has 6 heteroatoms. The molecule has 3 rings (SSSR count). The van der Waals surface area contributed by atoms with Crippen molar-refractivity contribution >= 4 is 12.1 Å². The molecule has 0 fully saturated rings. The van der Waals surface area contributed by atoms with Crippen molar-refractivity contribution in [3.8, 4) is 11.5 Å². The largest absolute Gasteiger partial charge is 0.497 e. The van der Waals surface area contributed by atoms with Crippen LogP contribution in [0.5, 0.6) is 11.5 Å². The van der Waals surface area contributed by atoms with Gasteiger partial charge in [-0.15, -0.1) is 0 Å². The first-order chi connectivity index (χ1) is 14.1. The number of benzene rings is 3. The normalized spacial score (nSPS) is 11.3. The summed E-state index contributed by atoms with van der Waals surface area (Å²) < 4.78 is 10.3. The average Bonchev–Trinajstić information content (AvgIpc) is 2.79. The van der Waals surface area contributed by atoms with Gasteiger partial charge in [0.15, 0.2) is 5.60 Å². The van der Waals surface area contributed by atoms with Crippen LogP contribution in [0.3, 0.4) is 0 Å². The monoisotopic (exact) mass is 390 g/mol. The van der Waals surface area contributed by atoms with E-state index >= 15 is 0 Å². The van der Waals surface area contributed by atoms with Gasteiger partial charge >= 0.3 is 0 Å². The van der Waals surface area contributed by atoms with Crippen LogP contribution in [-0.2, 0) is 10.4 Å². The number of hydrogen-bond acceptors (Lipinski definition) is 5. The molecule has 0 unspecified atom stereocenters. The lowest BCUT2D eigenvalue weighted by atomic mass is 9.85. The summed E-state index contributed by atoms with van der Waals surface area (Å²) in [5, 5.41) is 15.5. The number of hydrazone groups is 1. The van der Waals surface area contributed by atoms with E-state index in [1.165, 1.54) is 6.21 Å². The fourth-order valence-corrected chi connectivity index (χ4v) is 2.88. The highest BCUT2D eigenvalue weighted by Gasteiger charge is 2.40. The van der Waals surface area contributed by atoms with Crippen molar-refractivity contribution in [3.63, 3.8) is 0 Å². The molecule has 0 atom stereocenters. The van der Waals surface area contributed by atoms with E-state index in [0.717, 1.165) is 5.56 Å². The van der Waals surface area contributed by atoms with Crippen LogP contribution in [0.4, 0.5) is 0 Å². The van der Waals surface area contributed by atoms with Crippen LogP contribution in [0, 0.1) is 0 Å². The second kappa shape index (κ2) is 9.03. The lowest BCUT2D eigenvalue weighted by Gasteiger charge is -2.27. The number of aliphatic hydroxyl groups is 1. The number of ether oxygens (including phenoxy) is 2. The summed E-state index contributed by atoms with van der Waals surface area (Å²) in [5.41, 5.74) is 2.09. The number of carbonyl (C=O) groups excluding carboxylic acids is 1. The van der Waals surface area contributed by atoms with Crippen molar-refractivity contribution in [3.05, 3.63) is 95.6 Å². The molecule has 0 spiro atoms. The Hall–Kier alpha value is -3.64. The van der Waals surface area contributed by atoms with Gasteiger partial charge in [-0.2, -0.15) is 5.10 Å². The van der Waals surface area contributed by atoms with Crippen molar-refractivity contribution in [1.82, 2.24) is 5.43 Å². The Balaban J connectivity index is 1.94. The molecule has 0 aromatic heterocycles. The van der Waals surface area contributed by atoms with Gasteiger partial charge in [-0.25, -0.2) is 5.43 Å². The molecule has 148 valence electrons. The summed E-state index contributed by atoms with van der Waals surface area (Å²) in [7, 11) is 3.10. The molecule has 0 saturated heterocycles. The van der Waals surface area contributed by atoms with E-state index < -0.39 is 11.5 Å². The number of nitrogens with one attached hydrogen (secondary N) is 1. The van der Waals surface area contributed by atoms with E-state index in [1.807, 2.05) is 30.3 Å². The van der Waals surface area contributed by atoms with Crippen LogP contribution in [0.15, 0.2) is 84.0 Å².